The molecule has 222 valence electrons. The van der Waals surface area contributed by atoms with Crippen LogP contribution in [0.2, 0.25) is 0 Å². The standard InChI is InChI=1S/C40H40N2O2/c1-23-13-14-26(4)37-31(23)9-8-12-34(37)35(41)22-20-30-19-18-29(39(30)38(27(5)43)28(6)44)17-15-24(2)32-10-7-11-33-25(3)16-21-36(42)40(32)33/h7-17,20-22H,18-19,41-42H2,1-6H3/b24-15-,29-17+,30-20+,35-22+. The predicted octanol–water partition coefficient (Wildman–Crippen LogP) is 9.02. The van der Waals surface area contributed by atoms with E-state index in [1.54, 1.807) is 0 Å². The Morgan fingerprint density at radius 1 is 0.659 bits per heavy atom. The average Bonchev–Trinajstić information content (AvgIpc) is 3.39. The number of ketones is 2. The van der Waals surface area contributed by atoms with Crippen molar-refractivity contribution in [1.82, 2.24) is 0 Å². The van der Waals surface area contributed by atoms with E-state index in [2.05, 4.69) is 70.2 Å². The van der Waals surface area contributed by atoms with Crippen LogP contribution in [0, 0.1) is 20.8 Å². The van der Waals surface area contributed by atoms with Gasteiger partial charge in [0.25, 0.3) is 0 Å². The van der Waals surface area contributed by atoms with Gasteiger partial charge in [0, 0.05) is 22.3 Å². The van der Waals surface area contributed by atoms with Gasteiger partial charge in [0.1, 0.15) is 0 Å². The van der Waals surface area contributed by atoms with E-state index in [1.165, 1.54) is 30.4 Å². The summed E-state index contributed by atoms with van der Waals surface area (Å²) in [6, 6.07) is 20.7. The molecule has 44 heavy (non-hydrogen) atoms. The molecule has 0 aliphatic heterocycles. The Morgan fingerprint density at radius 3 is 1.80 bits per heavy atom. The molecule has 0 unspecified atom stereocenters. The molecule has 1 saturated carbocycles. The summed E-state index contributed by atoms with van der Waals surface area (Å²) in [5.41, 5.74) is 24.0. The first-order valence-electron chi connectivity index (χ1n) is 15.1. The molecule has 1 aliphatic carbocycles. The Morgan fingerprint density at radius 2 is 1.18 bits per heavy atom. The Labute approximate surface area is 260 Å². The van der Waals surface area contributed by atoms with Gasteiger partial charge in [-0.15, -0.1) is 0 Å². The van der Waals surface area contributed by atoms with E-state index in [0.29, 0.717) is 18.5 Å². The largest absolute Gasteiger partial charge is 0.398 e. The Balaban J connectivity index is 1.61. The van der Waals surface area contributed by atoms with Gasteiger partial charge >= 0.3 is 0 Å². The number of nitrogens with two attached hydrogens (primary N) is 2. The van der Waals surface area contributed by atoms with E-state index in [1.807, 2.05) is 42.5 Å². The van der Waals surface area contributed by atoms with Crippen LogP contribution in [0.4, 0.5) is 5.69 Å². The van der Waals surface area contributed by atoms with Crippen LogP contribution >= 0.6 is 0 Å². The van der Waals surface area contributed by atoms with Crippen molar-refractivity contribution < 1.29 is 9.59 Å². The molecule has 0 bridgehead atoms. The highest BCUT2D eigenvalue weighted by Crippen LogP contribution is 2.40. The lowest BCUT2D eigenvalue weighted by molar-refractivity contribution is -0.119. The van der Waals surface area contributed by atoms with Crippen molar-refractivity contribution in [3.8, 4) is 0 Å². The topological polar surface area (TPSA) is 86.2 Å². The third-order valence-electron chi connectivity index (χ3n) is 8.75. The monoisotopic (exact) mass is 580 g/mol. The summed E-state index contributed by atoms with van der Waals surface area (Å²) in [5.74, 6) is -0.470. The zero-order valence-corrected chi connectivity index (χ0v) is 26.5. The van der Waals surface area contributed by atoms with Crippen LogP contribution in [0.5, 0.6) is 0 Å². The van der Waals surface area contributed by atoms with Crippen molar-refractivity contribution in [3.63, 3.8) is 0 Å². The number of rotatable bonds is 6. The summed E-state index contributed by atoms with van der Waals surface area (Å²) in [5, 5.41) is 4.49. The molecule has 4 N–H and O–H groups in total. The fourth-order valence-electron chi connectivity index (χ4n) is 6.45. The number of nitrogen functional groups attached to an aromatic ring is 1. The van der Waals surface area contributed by atoms with Crippen molar-refractivity contribution >= 4 is 50.1 Å². The first-order chi connectivity index (χ1) is 21.0. The molecule has 0 amide bonds. The molecule has 5 rings (SSSR count). The molecule has 4 heteroatoms. The lowest BCUT2D eigenvalue weighted by Gasteiger charge is -2.12. The number of benzene rings is 4. The lowest BCUT2D eigenvalue weighted by Crippen LogP contribution is -2.10. The van der Waals surface area contributed by atoms with E-state index in [9.17, 15) is 9.59 Å². The molecule has 4 aromatic carbocycles. The van der Waals surface area contributed by atoms with Gasteiger partial charge in [0.05, 0.1) is 5.57 Å². The maximum atomic E-state index is 12.8. The SMILES string of the molecule is CC(=O)C(C(C)=O)=C1/C(=C/C=C(/C)c2cccc3c(C)ccc(N)c23)CC/C1=C\C=C(\N)c1cccc2c(C)ccc(C)c12. The first-order valence-corrected chi connectivity index (χ1v) is 15.1. The van der Waals surface area contributed by atoms with Gasteiger partial charge in [-0.25, -0.2) is 0 Å². The summed E-state index contributed by atoms with van der Waals surface area (Å²) in [6.45, 7) is 11.3. The van der Waals surface area contributed by atoms with E-state index in [4.69, 9.17) is 11.5 Å². The van der Waals surface area contributed by atoms with Gasteiger partial charge in [0.2, 0.25) is 0 Å². The van der Waals surface area contributed by atoms with Crippen molar-refractivity contribution in [2.75, 3.05) is 5.73 Å². The van der Waals surface area contributed by atoms with Crippen molar-refractivity contribution in [3.05, 3.63) is 135 Å². The fourth-order valence-corrected chi connectivity index (χ4v) is 6.45. The summed E-state index contributed by atoms with van der Waals surface area (Å²) >= 11 is 0. The minimum Gasteiger partial charge on any atom is -0.398 e. The van der Waals surface area contributed by atoms with Gasteiger partial charge in [-0.1, -0.05) is 72.8 Å². The van der Waals surface area contributed by atoms with Crippen LogP contribution in [0.3, 0.4) is 0 Å². The van der Waals surface area contributed by atoms with E-state index >= 15 is 0 Å². The van der Waals surface area contributed by atoms with Gasteiger partial charge in [-0.2, -0.15) is 0 Å². The predicted molar refractivity (Wildman–Crippen MR) is 186 cm³/mol. The van der Waals surface area contributed by atoms with Crippen LogP contribution in [0.25, 0.3) is 32.8 Å². The second kappa shape index (κ2) is 12.3. The molecule has 0 saturated heterocycles. The van der Waals surface area contributed by atoms with Gasteiger partial charge < -0.3 is 11.5 Å². The average molecular weight is 581 g/mol. The number of carbonyl (C=O) groups is 2. The molecule has 0 aromatic heterocycles. The Hall–Kier alpha value is -4.96. The van der Waals surface area contributed by atoms with Crippen molar-refractivity contribution in [1.29, 1.82) is 0 Å². The molecule has 4 nitrogen and oxygen atoms in total. The number of anilines is 1. The minimum atomic E-state index is -0.235. The Bertz CT molecular complexity index is 1870. The van der Waals surface area contributed by atoms with Gasteiger partial charge in [-0.3, -0.25) is 9.59 Å². The third kappa shape index (κ3) is 5.68. The second-order valence-corrected chi connectivity index (χ2v) is 11.8. The van der Waals surface area contributed by atoms with Crippen molar-refractivity contribution in [2.45, 2.75) is 54.4 Å². The van der Waals surface area contributed by atoms with Crippen molar-refractivity contribution in [2.24, 2.45) is 5.73 Å². The number of fused-ring (bicyclic) bond motifs is 2. The van der Waals surface area contributed by atoms with E-state index < -0.39 is 0 Å². The number of hydrogen-bond acceptors (Lipinski definition) is 4. The van der Waals surface area contributed by atoms with Crippen LogP contribution in [-0.2, 0) is 9.59 Å². The van der Waals surface area contributed by atoms with Crippen LogP contribution in [0.15, 0.2) is 107 Å². The van der Waals surface area contributed by atoms with Crippen LogP contribution in [0.1, 0.15) is 61.4 Å². The summed E-state index contributed by atoms with van der Waals surface area (Å²) in [6.07, 6.45) is 9.42. The third-order valence-corrected chi connectivity index (χ3v) is 8.75. The minimum absolute atomic E-state index is 0.235. The molecular formula is C40H40N2O2. The first kappa shape index (κ1) is 30.5. The quantitative estimate of drug-likeness (QED) is 0.103. The van der Waals surface area contributed by atoms with E-state index in [-0.39, 0.29) is 17.1 Å². The summed E-state index contributed by atoms with van der Waals surface area (Å²) in [7, 11) is 0. The number of carbonyl (C=O) groups excluding carboxylic acids is 2. The highest BCUT2D eigenvalue weighted by atomic mass is 16.1. The number of aryl methyl sites for hydroxylation is 3. The molecule has 0 heterocycles. The lowest BCUT2D eigenvalue weighted by atomic mass is 9.92. The van der Waals surface area contributed by atoms with Crippen LogP contribution in [-0.4, -0.2) is 11.6 Å². The fraction of sp³-hybridized carbons (Fsp3) is 0.200. The molecular weight excluding hydrogens is 540 g/mol. The maximum absolute atomic E-state index is 12.8. The molecule has 4 aromatic rings. The zero-order chi connectivity index (χ0) is 31.7. The molecule has 1 aliphatic rings. The molecule has 1 fully saturated rings. The molecule has 0 spiro atoms. The normalized spacial score (nSPS) is 16.0. The summed E-state index contributed by atoms with van der Waals surface area (Å²) in [4.78, 5) is 25.6. The number of hydrogen-bond donors (Lipinski definition) is 2. The van der Waals surface area contributed by atoms with Crippen LogP contribution < -0.4 is 11.5 Å². The number of Topliss-reactive ketones (excluding diaryl/α,β-unsaturated/α-hetero) is 2. The maximum Gasteiger partial charge on any atom is 0.163 e. The molecule has 0 atom stereocenters. The van der Waals surface area contributed by atoms with Gasteiger partial charge in [0.15, 0.2) is 11.6 Å². The van der Waals surface area contributed by atoms with E-state index in [0.717, 1.165) is 60.8 Å². The van der Waals surface area contributed by atoms with Gasteiger partial charge in [-0.05, 0) is 127 Å². The highest BCUT2D eigenvalue weighted by Gasteiger charge is 2.27. The Kier molecular flexibility index (Phi) is 8.55. The highest BCUT2D eigenvalue weighted by molar-refractivity contribution is 6.20. The summed E-state index contributed by atoms with van der Waals surface area (Å²) < 4.78 is 0. The smallest absolute Gasteiger partial charge is 0.163 e. The number of allylic oxidation sites excluding steroid dienone is 9. The zero-order valence-electron chi connectivity index (χ0n) is 26.5. The molecule has 0 radical (unpaired) electrons. The second-order valence-electron chi connectivity index (χ2n) is 11.8.